The lowest BCUT2D eigenvalue weighted by Crippen LogP contribution is -2.62. The first kappa shape index (κ1) is 34.6. The molecule has 240 valence electrons. The Bertz CT molecular complexity index is 1490. The summed E-state index contributed by atoms with van der Waals surface area (Å²) in [6.07, 6.45) is -5.44. The van der Waals surface area contributed by atoms with Crippen molar-refractivity contribution in [1.29, 1.82) is 0 Å². The van der Waals surface area contributed by atoms with E-state index in [0.717, 1.165) is 34.6 Å². The minimum atomic E-state index is -1.42. The summed E-state index contributed by atoms with van der Waals surface area (Å²) in [5, 5.41) is 0. The molecule has 0 heterocycles. The van der Waals surface area contributed by atoms with E-state index in [0.29, 0.717) is 22.3 Å². The van der Waals surface area contributed by atoms with Gasteiger partial charge in [0.15, 0.2) is 29.9 Å². The van der Waals surface area contributed by atoms with Crippen LogP contribution >= 0.6 is 0 Å². The van der Waals surface area contributed by atoms with Gasteiger partial charge in [0, 0.05) is 51.3 Å². The van der Waals surface area contributed by atoms with Crippen molar-refractivity contribution < 1.29 is 57.2 Å². The molecule has 1 fully saturated rings. The van der Waals surface area contributed by atoms with E-state index in [1.165, 1.54) is 19.1 Å². The summed E-state index contributed by atoms with van der Waals surface area (Å²) in [6, 6.07) is 11.0. The van der Waals surface area contributed by atoms with E-state index in [9.17, 15) is 33.6 Å². The van der Waals surface area contributed by atoms with Crippen LogP contribution in [0.3, 0.4) is 0 Å². The first-order valence-electron chi connectivity index (χ1n) is 14.2. The summed E-state index contributed by atoms with van der Waals surface area (Å²) in [4.78, 5) is 86.8. The quantitative estimate of drug-likeness (QED) is 0.215. The van der Waals surface area contributed by atoms with E-state index >= 15 is 0 Å². The van der Waals surface area contributed by atoms with Gasteiger partial charge in [-0.25, -0.2) is 0 Å². The van der Waals surface area contributed by atoms with Crippen molar-refractivity contribution >= 4 is 41.4 Å². The predicted octanol–water partition coefficient (Wildman–Crippen LogP) is 3.43. The maximum absolute atomic E-state index is 13.7. The van der Waals surface area contributed by atoms with Crippen molar-refractivity contribution in [3.63, 3.8) is 0 Å². The van der Waals surface area contributed by atoms with Crippen molar-refractivity contribution in [2.24, 2.45) is 5.92 Å². The molecule has 0 radical (unpaired) electrons. The Balaban J connectivity index is 2.27. The van der Waals surface area contributed by atoms with Gasteiger partial charge in [-0.2, -0.15) is 0 Å². The standard InChI is InChI=1S/C33H36O12/c1-16-8-9-25(14-26(16)29(40)24-12-10-23(11-13-24)17(2)34)28-30(42-19(4)36)27(15-41-18(3)35)31(43-20(5)37)33(45-22(7)39)32(28)44-21(6)38/h8-14,27-28,30-33H,15H2,1-7H3/t27-,28+,30-,31+,32-,33-/m0/s1. The summed E-state index contributed by atoms with van der Waals surface area (Å²) < 4.78 is 27.9. The van der Waals surface area contributed by atoms with Crippen LogP contribution in [0.4, 0.5) is 0 Å². The minimum absolute atomic E-state index is 0.157. The van der Waals surface area contributed by atoms with E-state index in [1.54, 1.807) is 37.3 Å². The molecule has 0 aliphatic heterocycles. The molecule has 0 bridgehead atoms. The van der Waals surface area contributed by atoms with E-state index in [2.05, 4.69) is 0 Å². The summed E-state index contributed by atoms with van der Waals surface area (Å²) in [5.74, 6) is -6.51. The molecule has 12 heteroatoms. The number of rotatable bonds is 10. The topological polar surface area (TPSA) is 166 Å². The maximum Gasteiger partial charge on any atom is 0.303 e. The molecule has 6 atom stereocenters. The molecule has 2 aromatic carbocycles. The fourth-order valence-electron chi connectivity index (χ4n) is 5.52. The Hall–Kier alpha value is -4.87. The van der Waals surface area contributed by atoms with Gasteiger partial charge in [-0.05, 0) is 31.0 Å². The van der Waals surface area contributed by atoms with Crippen LogP contribution in [0.1, 0.15) is 84.9 Å². The molecule has 2 aromatic rings. The van der Waals surface area contributed by atoms with Crippen molar-refractivity contribution in [1.82, 2.24) is 0 Å². The highest BCUT2D eigenvalue weighted by atomic mass is 16.6. The molecule has 3 rings (SSSR count). The third-order valence-corrected chi connectivity index (χ3v) is 7.33. The number of Topliss-reactive ketones (excluding diaryl/α,β-unsaturated/α-hetero) is 1. The van der Waals surface area contributed by atoms with Crippen LogP contribution < -0.4 is 0 Å². The highest BCUT2D eigenvalue weighted by Gasteiger charge is 2.58. The molecule has 0 aromatic heterocycles. The van der Waals surface area contributed by atoms with Crippen molar-refractivity contribution in [3.05, 3.63) is 70.3 Å². The van der Waals surface area contributed by atoms with Gasteiger partial charge in [-0.15, -0.1) is 0 Å². The molecule has 0 saturated heterocycles. The van der Waals surface area contributed by atoms with Crippen molar-refractivity contribution in [2.45, 2.75) is 78.8 Å². The Morgan fingerprint density at radius 1 is 0.578 bits per heavy atom. The first-order valence-corrected chi connectivity index (χ1v) is 14.2. The molecule has 1 aliphatic rings. The molecular formula is C33H36O12. The van der Waals surface area contributed by atoms with E-state index in [1.807, 2.05) is 0 Å². The number of benzene rings is 2. The molecule has 0 N–H and O–H groups in total. The van der Waals surface area contributed by atoms with Crippen LogP contribution in [0.2, 0.25) is 0 Å². The second kappa shape index (κ2) is 14.7. The summed E-state index contributed by atoms with van der Waals surface area (Å²) in [6.45, 7) is 8.37. The van der Waals surface area contributed by atoms with Gasteiger partial charge >= 0.3 is 29.8 Å². The van der Waals surface area contributed by atoms with Crippen LogP contribution in [-0.2, 0) is 47.7 Å². The van der Waals surface area contributed by atoms with Crippen LogP contribution in [0, 0.1) is 12.8 Å². The molecule has 0 spiro atoms. The van der Waals surface area contributed by atoms with Gasteiger partial charge in [0.2, 0.25) is 0 Å². The van der Waals surface area contributed by atoms with E-state index in [-0.39, 0.29) is 17.1 Å². The number of carbonyl (C=O) groups is 7. The third-order valence-electron chi connectivity index (χ3n) is 7.33. The number of ketones is 2. The molecule has 12 nitrogen and oxygen atoms in total. The minimum Gasteiger partial charge on any atom is -0.465 e. The SMILES string of the molecule is CC(=O)OC[C@@H]1[C@@H](OC(C)=O)[C@H](OC(C)=O)[C@@H](OC(C)=O)[C@H](c2ccc(C)c(C(=O)c3ccc(C(C)=O)cc3)c2)[C@H]1OC(C)=O. The fourth-order valence-corrected chi connectivity index (χ4v) is 5.52. The van der Waals surface area contributed by atoms with Gasteiger partial charge in [0.1, 0.15) is 12.7 Å². The molecule has 45 heavy (non-hydrogen) atoms. The average molecular weight is 625 g/mol. The van der Waals surface area contributed by atoms with Crippen molar-refractivity contribution in [2.75, 3.05) is 6.61 Å². The summed E-state index contributed by atoms with van der Waals surface area (Å²) in [5.41, 5.74) is 1.94. The zero-order valence-corrected chi connectivity index (χ0v) is 26.1. The molecule has 0 unspecified atom stereocenters. The Kier molecular flexibility index (Phi) is 11.3. The summed E-state index contributed by atoms with van der Waals surface area (Å²) >= 11 is 0. The molecular weight excluding hydrogens is 588 g/mol. The number of hydrogen-bond acceptors (Lipinski definition) is 12. The Labute approximate surface area is 260 Å². The first-order chi connectivity index (χ1) is 21.1. The lowest BCUT2D eigenvalue weighted by Gasteiger charge is -2.48. The van der Waals surface area contributed by atoms with Gasteiger partial charge < -0.3 is 23.7 Å². The number of ether oxygens (including phenoxy) is 5. The number of hydrogen-bond donors (Lipinski definition) is 0. The lowest BCUT2D eigenvalue weighted by atomic mass is 9.70. The zero-order chi connectivity index (χ0) is 33.6. The van der Waals surface area contributed by atoms with Crippen LogP contribution in [0.15, 0.2) is 42.5 Å². The predicted molar refractivity (Wildman–Crippen MR) is 156 cm³/mol. The number of esters is 5. The Morgan fingerprint density at radius 2 is 1.07 bits per heavy atom. The number of carbonyl (C=O) groups excluding carboxylic acids is 7. The smallest absolute Gasteiger partial charge is 0.303 e. The third kappa shape index (κ3) is 8.62. The number of aryl methyl sites for hydroxylation is 1. The van der Waals surface area contributed by atoms with Crippen LogP contribution in [0.25, 0.3) is 0 Å². The summed E-state index contributed by atoms with van der Waals surface area (Å²) in [7, 11) is 0. The normalized spacial score (nSPS) is 22.4. The molecule has 0 amide bonds. The maximum atomic E-state index is 13.7. The molecule has 1 saturated carbocycles. The largest absolute Gasteiger partial charge is 0.465 e. The van der Waals surface area contributed by atoms with Crippen LogP contribution in [0.5, 0.6) is 0 Å². The van der Waals surface area contributed by atoms with E-state index in [4.69, 9.17) is 23.7 Å². The van der Waals surface area contributed by atoms with Gasteiger partial charge in [-0.1, -0.05) is 36.4 Å². The fraction of sp³-hybridized carbons (Fsp3) is 0.424. The zero-order valence-electron chi connectivity index (χ0n) is 26.1. The highest BCUT2D eigenvalue weighted by Crippen LogP contribution is 2.44. The van der Waals surface area contributed by atoms with Crippen LogP contribution in [-0.4, -0.2) is 72.4 Å². The van der Waals surface area contributed by atoms with Gasteiger partial charge in [-0.3, -0.25) is 33.6 Å². The second-order valence-corrected chi connectivity index (χ2v) is 10.8. The second-order valence-electron chi connectivity index (χ2n) is 10.8. The lowest BCUT2D eigenvalue weighted by molar-refractivity contribution is -0.222. The van der Waals surface area contributed by atoms with Gasteiger partial charge in [0.05, 0.1) is 11.8 Å². The average Bonchev–Trinajstić information content (AvgIpc) is 2.94. The Morgan fingerprint density at radius 3 is 1.58 bits per heavy atom. The molecule has 1 aliphatic carbocycles. The van der Waals surface area contributed by atoms with Gasteiger partial charge in [0.25, 0.3) is 0 Å². The van der Waals surface area contributed by atoms with Crippen molar-refractivity contribution in [3.8, 4) is 0 Å². The highest BCUT2D eigenvalue weighted by molar-refractivity contribution is 6.10. The monoisotopic (exact) mass is 624 g/mol. The van der Waals surface area contributed by atoms with E-state index < -0.39 is 72.7 Å².